The summed E-state index contributed by atoms with van der Waals surface area (Å²) < 4.78 is 6.01. The van der Waals surface area contributed by atoms with Crippen LogP contribution >= 0.6 is 0 Å². The Balaban J connectivity index is 2.20. The van der Waals surface area contributed by atoms with Crippen LogP contribution in [-0.4, -0.2) is 38.6 Å². The van der Waals surface area contributed by atoms with Gasteiger partial charge in [0, 0.05) is 31.5 Å². The van der Waals surface area contributed by atoms with Crippen LogP contribution in [0.15, 0.2) is 34.1 Å². The van der Waals surface area contributed by atoms with E-state index in [1.54, 1.807) is 6.92 Å². The average Bonchev–Trinajstić information content (AvgIpc) is 2.56. The lowest BCUT2D eigenvalue weighted by Crippen LogP contribution is -2.30. The molecule has 0 spiro atoms. The Kier molecular flexibility index (Phi) is 5.61. The number of anilines is 1. The number of esters is 1. The minimum atomic E-state index is -0.823. The van der Waals surface area contributed by atoms with E-state index in [2.05, 4.69) is 15.3 Å². The number of hydrogen-bond donors (Lipinski definition) is 2. The molecule has 0 aliphatic carbocycles. The summed E-state index contributed by atoms with van der Waals surface area (Å²) in [6, 6.07) is 2.39. The Morgan fingerprint density at radius 3 is 2.84 bits per heavy atom. The van der Waals surface area contributed by atoms with E-state index in [4.69, 9.17) is 4.74 Å². The molecule has 0 aliphatic heterocycles. The number of rotatable bonds is 7. The number of carbonyl (C=O) groups excluding carboxylic acids is 1. The summed E-state index contributed by atoms with van der Waals surface area (Å²) in [6.45, 7) is 1.90. The lowest BCUT2D eigenvalue weighted by atomic mass is 10.2. The second kappa shape index (κ2) is 7.86. The first-order valence-electron chi connectivity index (χ1n) is 7.28. The summed E-state index contributed by atoms with van der Waals surface area (Å²) in [7, 11) is 0. The summed E-state index contributed by atoms with van der Waals surface area (Å²) in [6.07, 6.45) is 2.55. The van der Waals surface area contributed by atoms with Gasteiger partial charge in [0.25, 0.3) is 5.56 Å². The topological polar surface area (TPSA) is 149 Å². The number of pyridine rings is 1. The summed E-state index contributed by atoms with van der Waals surface area (Å²) in [5, 5.41) is 14.0. The quantitative estimate of drug-likeness (QED) is 0.407. The molecule has 0 atom stereocenters. The zero-order valence-corrected chi connectivity index (χ0v) is 13.2. The third-order valence-electron chi connectivity index (χ3n) is 3.14. The monoisotopic (exact) mass is 349 g/mol. The number of H-pyrrole nitrogens is 1. The van der Waals surface area contributed by atoms with Crippen LogP contribution in [0, 0.1) is 10.1 Å². The van der Waals surface area contributed by atoms with Crippen molar-refractivity contribution in [3.8, 4) is 0 Å². The molecule has 2 heterocycles. The highest BCUT2D eigenvalue weighted by Crippen LogP contribution is 2.26. The summed E-state index contributed by atoms with van der Waals surface area (Å²) >= 11 is 0. The third kappa shape index (κ3) is 4.28. The van der Waals surface area contributed by atoms with Crippen LogP contribution in [-0.2, 0) is 11.3 Å². The summed E-state index contributed by atoms with van der Waals surface area (Å²) in [5.41, 5.74) is -1.84. The molecule has 2 N–H and O–H groups in total. The number of aromatic amines is 1. The van der Waals surface area contributed by atoms with E-state index in [-0.39, 0.29) is 31.1 Å². The van der Waals surface area contributed by atoms with Gasteiger partial charge in [-0.25, -0.2) is 14.6 Å². The molecule has 2 aromatic heterocycles. The molecule has 11 heteroatoms. The molecule has 0 saturated carbocycles. The minimum Gasteiger partial charge on any atom is -0.462 e. The van der Waals surface area contributed by atoms with Crippen molar-refractivity contribution in [1.29, 1.82) is 0 Å². The fourth-order valence-corrected chi connectivity index (χ4v) is 2.06. The maximum Gasteiger partial charge on any atom is 0.345 e. The van der Waals surface area contributed by atoms with E-state index in [9.17, 15) is 24.5 Å². The SMILES string of the molecule is CCOC(=O)c1ccnc(NCCn2ccc(=O)[nH]c2=O)c1[N+](=O)[O-]. The highest BCUT2D eigenvalue weighted by molar-refractivity contribution is 5.96. The Hall–Kier alpha value is -3.50. The molecule has 2 aromatic rings. The van der Waals surface area contributed by atoms with Crippen LogP contribution in [0.3, 0.4) is 0 Å². The second-order valence-electron chi connectivity index (χ2n) is 4.76. The van der Waals surface area contributed by atoms with Gasteiger partial charge in [-0.15, -0.1) is 0 Å². The van der Waals surface area contributed by atoms with Crippen LogP contribution in [0.2, 0.25) is 0 Å². The molecule has 0 bridgehead atoms. The highest BCUT2D eigenvalue weighted by Gasteiger charge is 2.26. The Bertz CT molecular complexity index is 903. The zero-order chi connectivity index (χ0) is 18.4. The molecule has 0 fully saturated rings. The maximum atomic E-state index is 11.8. The Labute approximate surface area is 140 Å². The fraction of sp³-hybridized carbons (Fsp3) is 0.286. The van der Waals surface area contributed by atoms with Crippen molar-refractivity contribution in [2.75, 3.05) is 18.5 Å². The van der Waals surface area contributed by atoms with E-state index in [1.807, 2.05) is 0 Å². The van der Waals surface area contributed by atoms with Gasteiger partial charge in [-0.1, -0.05) is 0 Å². The van der Waals surface area contributed by atoms with Crippen LogP contribution in [0.4, 0.5) is 11.5 Å². The number of aromatic nitrogens is 3. The molecule has 0 saturated heterocycles. The molecular formula is C14H15N5O6. The minimum absolute atomic E-state index is 0.0796. The van der Waals surface area contributed by atoms with Gasteiger partial charge in [-0.2, -0.15) is 0 Å². The summed E-state index contributed by atoms with van der Waals surface area (Å²) in [4.78, 5) is 50.9. The summed E-state index contributed by atoms with van der Waals surface area (Å²) in [5.74, 6) is -0.940. The van der Waals surface area contributed by atoms with E-state index in [0.29, 0.717) is 0 Å². The number of nitro groups is 1. The maximum absolute atomic E-state index is 11.8. The number of carbonyl (C=O) groups is 1. The standard InChI is InChI=1S/C14H15N5O6/c1-2-25-13(21)9-3-5-15-12(11(9)19(23)24)16-6-8-18-7-4-10(20)17-14(18)22/h3-5,7H,2,6,8H2,1H3,(H,15,16)(H,17,20,22). The second-order valence-corrected chi connectivity index (χ2v) is 4.76. The predicted octanol–water partition coefficient (Wildman–Crippen LogP) is 0.129. The normalized spacial score (nSPS) is 10.3. The predicted molar refractivity (Wildman–Crippen MR) is 86.7 cm³/mol. The smallest absolute Gasteiger partial charge is 0.345 e. The Morgan fingerprint density at radius 2 is 2.20 bits per heavy atom. The van der Waals surface area contributed by atoms with Crippen molar-refractivity contribution in [1.82, 2.24) is 14.5 Å². The molecule has 132 valence electrons. The molecule has 0 unspecified atom stereocenters. The van der Waals surface area contributed by atoms with Crippen molar-refractivity contribution in [2.24, 2.45) is 0 Å². The molecule has 25 heavy (non-hydrogen) atoms. The molecule has 11 nitrogen and oxygen atoms in total. The van der Waals surface area contributed by atoms with E-state index in [0.717, 1.165) is 0 Å². The van der Waals surface area contributed by atoms with Crippen LogP contribution in [0.1, 0.15) is 17.3 Å². The molecule has 0 aromatic carbocycles. The first kappa shape index (κ1) is 17.8. The number of nitrogens with one attached hydrogen (secondary N) is 2. The van der Waals surface area contributed by atoms with Crippen molar-refractivity contribution >= 4 is 17.5 Å². The highest BCUT2D eigenvalue weighted by atomic mass is 16.6. The van der Waals surface area contributed by atoms with Gasteiger partial charge in [-0.05, 0) is 13.0 Å². The number of nitrogens with zero attached hydrogens (tertiary/aromatic N) is 3. The van der Waals surface area contributed by atoms with E-state index in [1.165, 1.54) is 29.1 Å². The molecule has 0 amide bonds. The van der Waals surface area contributed by atoms with Gasteiger partial charge >= 0.3 is 17.3 Å². The molecule has 0 aliphatic rings. The van der Waals surface area contributed by atoms with Gasteiger partial charge in [-0.3, -0.25) is 24.5 Å². The first-order valence-corrected chi connectivity index (χ1v) is 7.28. The van der Waals surface area contributed by atoms with Gasteiger partial charge in [0.1, 0.15) is 5.56 Å². The largest absolute Gasteiger partial charge is 0.462 e. The lowest BCUT2D eigenvalue weighted by molar-refractivity contribution is -0.384. The lowest BCUT2D eigenvalue weighted by Gasteiger charge is -2.09. The van der Waals surface area contributed by atoms with Gasteiger partial charge in [0.05, 0.1) is 11.5 Å². The van der Waals surface area contributed by atoms with Crippen LogP contribution in [0.25, 0.3) is 0 Å². The molecular weight excluding hydrogens is 334 g/mol. The van der Waals surface area contributed by atoms with Gasteiger partial charge < -0.3 is 10.1 Å². The first-order chi connectivity index (χ1) is 11.9. The van der Waals surface area contributed by atoms with Crippen LogP contribution < -0.4 is 16.6 Å². The third-order valence-corrected chi connectivity index (χ3v) is 3.14. The molecule has 0 radical (unpaired) electrons. The number of ether oxygens (including phenoxy) is 1. The fourth-order valence-electron chi connectivity index (χ4n) is 2.06. The van der Waals surface area contributed by atoms with E-state index >= 15 is 0 Å². The van der Waals surface area contributed by atoms with Gasteiger partial charge in [0.2, 0.25) is 5.82 Å². The van der Waals surface area contributed by atoms with Crippen molar-refractivity contribution < 1.29 is 14.5 Å². The van der Waals surface area contributed by atoms with Crippen molar-refractivity contribution in [3.63, 3.8) is 0 Å². The van der Waals surface area contributed by atoms with Crippen molar-refractivity contribution in [2.45, 2.75) is 13.5 Å². The van der Waals surface area contributed by atoms with Crippen LogP contribution in [0.5, 0.6) is 0 Å². The van der Waals surface area contributed by atoms with Gasteiger partial charge in [0.15, 0.2) is 0 Å². The average molecular weight is 349 g/mol. The Morgan fingerprint density at radius 1 is 1.44 bits per heavy atom. The number of hydrogen-bond acceptors (Lipinski definition) is 8. The molecule has 2 rings (SSSR count). The zero-order valence-electron chi connectivity index (χ0n) is 13.2. The van der Waals surface area contributed by atoms with E-state index < -0.39 is 27.8 Å². The van der Waals surface area contributed by atoms with Crippen molar-refractivity contribution in [3.05, 3.63) is 61.0 Å².